The van der Waals surface area contributed by atoms with Crippen molar-refractivity contribution in [3.63, 3.8) is 0 Å². The fourth-order valence-electron chi connectivity index (χ4n) is 3.56. The molecule has 3 aromatic rings. The topological polar surface area (TPSA) is 114 Å². The summed E-state index contributed by atoms with van der Waals surface area (Å²) in [6.07, 6.45) is 2.80. The Morgan fingerprint density at radius 1 is 1.14 bits per heavy atom. The molecule has 1 radical (unpaired) electrons. The minimum absolute atomic E-state index is 0. The molecule has 35 heavy (non-hydrogen) atoms. The first-order valence-electron chi connectivity index (χ1n) is 10.4. The van der Waals surface area contributed by atoms with E-state index in [2.05, 4.69) is 10.1 Å². The predicted octanol–water partition coefficient (Wildman–Crippen LogP) is 2.11. The molecule has 0 aliphatic rings. The molecule has 12 heteroatoms. The third-order valence-electron chi connectivity index (χ3n) is 5.21. The van der Waals surface area contributed by atoms with E-state index < -0.39 is 32.7 Å². The number of rotatable bonds is 7. The number of nitrogens with zero attached hydrogens (tertiary/aromatic N) is 4. The predicted molar refractivity (Wildman–Crippen MR) is 130 cm³/mol. The van der Waals surface area contributed by atoms with Gasteiger partial charge in [0, 0.05) is 91.0 Å². The number of sulfonamides is 1. The van der Waals surface area contributed by atoms with Crippen molar-refractivity contribution in [1.29, 1.82) is 0 Å². The van der Waals surface area contributed by atoms with Crippen LogP contribution in [0.5, 0.6) is 0 Å². The van der Waals surface area contributed by atoms with E-state index in [-0.39, 0.29) is 69.4 Å². The van der Waals surface area contributed by atoms with Crippen LogP contribution in [0.1, 0.15) is 41.4 Å². The van der Waals surface area contributed by atoms with Crippen molar-refractivity contribution in [2.45, 2.75) is 31.2 Å². The van der Waals surface area contributed by atoms with E-state index in [9.17, 15) is 22.4 Å². The molecule has 2 amide bonds. The van der Waals surface area contributed by atoms with Gasteiger partial charge >= 0.3 is 0 Å². The van der Waals surface area contributed by atoms with Crippen LogP contribution in [-0.4, -0.2) is 105 Å². The van der Waals surface area contributed by atoms with Crippen LogP contribution in [0.15, 0.2) is 47.8 Å². The Hall–Kier alpha value is -1.96. The second kappa shape index (κ2) is 11.8. The Kier molecular flexibility index (Phi) is 9.91. The SMILES string of the molecule is CC(C)c1cc(F)cc(-c2ccncc2)c1CC(=O)NS(=O)(=O)c1cc(C(=O)N(C)C)n(C)n1.[K]. The maximum atomic E-state index is 14.4. The summed E-state index contributed by atoms with van der Waals surface area (Å²) in [5, 5.41) is 3.43. The van der Waals surface area contributed by atoms with E-state index in [1.54, 1.807) is 24.5 Å². The summed E-state index contributed by atoms with van der Waals surface area (Å²) in [5.74, 6) is -1.82. The largest absolute Gasteiger partial charge is 0.343 e. The first-order chi connectivity index (χ1) is 15.9. The number of nitrogens with one attached hydrogen (secondary N) is 1. The zero-order valence-corrected chi connectivity index (χ0v) is 24.5. The molecule has 9 nitrogen and oxygen atoms in total. The van der Waals surface area contributed by atoms with Crippen LogP contribution < -0.4 is 4.72 Å². The Balaban J connectivity index is 0.00000432. The van der Waals surface area contributed by atoms with Gasteiger partial charge in [0.25, 0.3) is 15.9 Å². The summed E-state index contributed by atoms with van der Waals surface area (Å²) >= 11 is 0. The van der Waals surface area contributed by atoms with Gasteiger partial charge in [-0.1, -0.05) is 13.8 Å². The summed E-state index contributed by atoms with van der Waals surface area (Å²) in [7, 11) is 0.148. The van der Waals surface area contributed by atoms with Crippen LogP contribution in [0.25, 0.3) is 11.1 Å². The van der Waals surface area contributed by atoms with Gasteiger partial charge in [-0.05, 0) is 52.4 Å². The van der Waals surface area contributed by atoms with E-state index in [4.69, 9.17) is 0 Å². The van der Waals surface area contributed by atoms with Gasteiger partial charge in [0.05, 0.1) is 6.42 Å². The minimum atomic E-state index is -4.35. The molecule has 0 aliphatic heterocycles. The van der Waals surface area contributed by atoms with Crippen molar-refractivity contribution in [3.8, 4) is 11.1 Å². The van der Waals surface area contributed by atoms with Gasteiger partial charge in [-0.2, -0.15) is 13.5 Å². The Bertz CT molecular complexity index is 1340. The average molecular weight is 527 g/mol. The molecule has 0 saturated heterocycles. The van der Waals surface area contributed by atoms with Crippen LogP contribution in [0, 0.1) is 5.82 Å². The second-order valence-corrected chi connectivity index (χ2v) is 9.94. The van der Waals surface area contributed by atoms with Gasteiger partial charge in [0.1, 0.15) is 11.5 Å². The molecule has 1 aromatic carbocycles. The molecule has 0 aliphatic carbocycles. The Morgan fingerprint density at radius 3 is 2.34 bits per heavy atom. The molecule has 0 spiro atoms. The fourth-order valence-corrected chi connectivity index (χ4v) is 4.53. The first-order valence-corrected chi connectivity index (χ1v) is 11.9. The van der Waals surface area contributed by atoms with Crippen LogP contribution in [-0.2, 0) is 28.3 Å². The number of aromatic nitrogens is 3. The van der Waals surface area contributed by atoms with Crippen LogP contribution in [0.3, 0.4) is 0 Å². The maximum absolute atomic E-state index is 14.4. The molecule has 181 valence electrons. The van der Waals surface area contributed by atoms with E-state index in [0.29, 0.717) is 22.3 Å². The van der Waals surface area contributed by atoms with Crippen LogP contribution in [0.4, 0.5) is 4.39 Å². The average Bonchev–Trinajstić information content (AvgIpc) is 3.16. The van der Waals surface area contributed by atoms with E-state index in [1.165, 1.54) is 38.2 Å². The van der Waals surface area contributed by atoms with Crippen molar-refractivity contribution in [2.75, 3.05) is 14.1 Å². The number of carbonyl (C=O) groups is 2. The van der Waals surface area contributed by atoms with Crippen molar-refractivity contribution in [2.24, 2.45) is 7.05 Å². The first kappa shape index (κ1) is 29.3. The quantitative estimate of drug-likeness (QED) is 0.472. The molecule has 2 aromatic heterocycles. The van der Waals surface area contributed by atoms with Gasteiger partial charge in [0.15, 0.2) is 5.03 Å². The maximum Gasteiger partial charge on any atom is 0.283 e. The fraction of sp³-hybridized carbons (Fsp3) is 0.304. The molecule has 0 unspecified atom stereocenters. The van der Waals surface area contributed by atoms with Gasteiger partial charge < -0.3 is 4.90 Å². The molecule has 0 saturated carbocycles. The zero-order chi connectivity index (χ0) is 25.2. The molecule has 2 heterocycles. The summed E-state index contributed by atoms with van der Waals surface area (Å²) in [6.45, 7) is 3.72. The summed E-state index contributed by atoms with van der Waals surface area (Å²) in [4.78, 5) is 30.3. The Morgan fingerprint density at radius 2 is 1.77 bits per heavy atom. The van der Waals surface area contributed by atoms with Gasteiger partial charge in [-0.3, -0.25) is 19.3 Å². The molecular weight excluding hydrogens is 500 g/mol. The number of amides is 2. The van der Waals surface area contributed by atoms with Crippen LogP contribution >= 0.6 is 0 Å². The number of carbonyl (C=O) groups excluding carboxylic acids is 2. The van der Waals surface area contributed by atoms with Crippen LogP contribution in [0.2, 0.25) is 0 Å². The molecule has 3 rings (SSSR count). The van der Waals surface area contributed by atoms with E-state index in [1.807, 2.05) is 18.6 Å². The number of pyridine rings is 1. The summed E-state index contributed by atoms with van der Waals surface area (Å²) in [5.41, 5.74) is 2.29. The molecule has 0 atom stereocenters. The monoisotopic (exact) mass is 526 g/mol. The summed E-state index contributed by atoms with van der Waals surface area (Å²) in [6, 6.07) is 7.15. The molecule has 0 bridgehead atoms. The third-order valence-corrected chi connectivity index (χ3v) is 6.45. The van der Waals surface area contributed by atoms with Gasteiger partial charge in [0.2, 0.25) is 5.91 Å². The number of benzene rings is 1. The third kappa shape index (κ3) is 6.83. The van der Waals surface area contributed by atoms with E-state index in [0.717, 1.165) is 10.7 Å². The number of hydrogen-bond donors (Lipinski definition) is 1. The van der Waals surface area contributed by atoms with Crippen molar-refractivity contribution >= 4 is 73.2 Å². The zero-order valence-electron chi connectivity index (χ0n) is 20.5. The normalized spacial score (nSPS) is 11.2. The summed E-state index contributed by atoms with van der Waals surface area (Å²) < 4.78 is 43.2. The van der Waals surface area contributed by atoms with Crippen molar-refractivity contribution < 1.29 is 22.4 Å². The number of aryl methyl sites for hydroxylation is 1. The molecular formula is C23H26FKN5O4S. The minimum Gasteiger partial charge on any atom is -0.343 e. The Labute approximate surface area is 246 Å². The number of halogens is 1. The number of hydrogen-bond acceptors (Lipinski definition) is 6. The standard InChI is InChI=1S/C23H26FN5O4S.K/c1-14(2)17-10-16(24)11-18(15-6-8-25-9-7-15)19(17)12-21(30)27-34(32,33)22-13-20(29(5)26-22)23(31)28(3)4;/h6-11,13-14H,12H2,1-5H3,(H,27,30);. The smallest absolute Gasteiger partial charge is 0.283 e. The van der Waals surface area contributed by atoms with Gasteiger partial charge in [-0.15, -0.1) is 0 Å². The van der Waals surface area contributed by atoms with Gasteiger partial charge in [-0.25, -0.2) is 9.11 Å². The van der Waals surface area contributed by atoms with Crippen molar-refractivity contribution in [3.05, 3.63) is 65.4 Å². The molecule has 0 fully saturated rings. The van der Waals surface area contributed by atoms with E-state index >= 15 is 0 Å². The van der Waals surface area contributed by atoms with Crippen molar-refractivity contribution in [1.82, 2.24) is 24.4 Å². The second-order valence-electron chi connectivity index (χ2n) is 8.31. The molecule has 1 N–H and O–H groups in total.